The van der Waals surface area contributed by atoms with Crippen LogP contribution in [0, 0.1) is 11.3 Å². The third-order valence-corrected chi connectivity index (χ3v) is 4.53. The monoisotopic (exact) mass is 339 g/mol. The molecule has 1 N–H and O–H groups in total. The number of piperazine rings is 1. The van der Waals surface area contributed by atoms with Gasteiger partial charge in [0.25, 0.3) is 0 Å². The van der Waals surface area contributed by atoms with Crippen LogP contribution in [0.5, 0.6) is 5.75 Å². The van der Waals surface area contributed by atoms with Crippen molar-refractivity contribution in [3.05, 3.63) is 41.4 Å². The average molecular weight is 339 g/mol. The lowest BCUT2D eigenvalue weighted by Gasteiger charge is -2.31. The predicted molar refractivity (Wildman–Crippen MR) is 96.6 cm³/mol. The zero-order valence-electron chi connectivity index (χ0n) is 14.7. The molecule has 2 aromatic rings. The highest BCUT2D eigenvalue weighted by Gasteiger charge is 2.24. The highest BCUT2D eigenvalue weighted by atomic mass is 16.5. The average Bonchev–Trinajstić information content (AvgIpc) is 3.10. The molecular formula is C19H23N4O2+. The van der Waals surface area contributed by atoms with Gasteiger partial charge in [0.1, 0.15) is 11.8 Å². The van der Waals surface area contributed by atoms with E-state index in [1.54, 1.807) is 18.1 Å². The topological polar surface area (TPSA) is 66.7 Å². The van der Waals surface area contributed by atoms with Gasteiger partial charge >= 0.3 is 0 Å². The Balaban J connectivity index is 1.79. The van der Waals surface area contributed by atoms with Crippen LogP contribution in [0.1, 0.15) is 24.1 Å². The molecular weight excluding hydrogens is 316 g/mol. The van der Waals surface area contributed by atoms with Crippen LogP contribution < -0.4 is 14.5 Å². The summed E-state index contributed by atoms with van der Waals surface area (Å²) in [6.45, 7) is 7.18. The van der Waals surface area contributed by atoms with Crippen molar-refractivity contribution in [3.8, 4) is 11.8 Å². The lowest BCUT2D eigenvalue weighted by Crippen LogP contribution is -3.14. The standard InChI is InChI=1S/C19H22N4O2/c1-3-22-10-12-23(13-11-22)19-16(14-20)21-18(25-19)9-8-15-6-4-5-7-17(15)24-2/h4-9H,3,10-13H2,1-2H3/p+1/b9-8+. The predicted octanol–water partition coefficient (Wildman–Crippen LogP) is 1.45. The van der Waals surface area contributed by atoms with Crippen LogP contribution in [0.2, 0.25) is 0 Å². The van der Waals surface area contributed by atoms with Crippen LogP contribution in [-0.2, 0) is 0 Å². The molecule has 1 aromatic carbocycles. The summed E-state index contributed by atoms with van der Waals surface area (Å²) in [6.07, 6.45) is 3.66. The SMILES string of the molecule is CC[NH+]1CCN(c2oc(/C=C/c3ccccc3OC)nc2C#N)CC1. The van der Waals surface area contributed by atoms with Crippen LogP contribution in [0.4, 0.5) is 5.88 Å². The van der Waals surface area contributed by atoms with Gasteiger partial charge < -0.3 is 19.0 Å². The van der Waals surface area contributed by atoms with Crippen LogP contribution in [0.15, 0.2) is 28.7 Å². The molecule has 0 amide bonds. The molecule has 6 nitrogen and oxygen atoms in total. The van der Waals surface area contributed by atoms with Crippen LogP contribution in [0.25, 0.3) is 12.2 Å². The number of anilines is 1. The van der Waals surface area contributed by atoms with E-state index in [1.807, 2.05) is 30.3 Å². The van der Waals surface area contributed by atoms with Crippen molar-refractivity contribution >= 4 is 18.0 Å². The van der Waals surface area contributed by atoms with Crippen molar-refractivity contribution < 1.29 is 14.1 Å². The van der Waals surface area contributed by atoms with Gasteiger partial charge in [0.05, 0.1) is 39.8 Å². The van der Waals surface area contributed by atoms with Crippen molar-refractivity contribution in [2.24, 2.45) is 0 Å². The Morgan fingerprint density at radius 3 is 2.76 bits per heavy atom. The molecule has 0 unspecified atom stereocenters. The fraction of sp³-hybridized carbons (Fsp3) is 0.368. The van der Waals surface area contributed by atoms with Gasteiger partial charge in [-0.15, -0.1) is 0 Å². The number of nitrogens with one attached hydrogen (secondary N) is 1. The van der Waals surface area contributed by atoms with E-state index in [4.69, 9.17) is 9.15 Å². The Hall–Kier alpha value is -2.78. The van der Waals surface area contributed by atoms with Gasteiger partial charge in [-0.05, 0) is 19.1 Å². The summed E-state index contributed by atoms with van der Waals surface area (Å²) in [5.74, 6) is 1.80. The van der Waals surface area contributed by atoms with Crippen molar-refractivity contribution in [3.63, 3.8) is 0 Å². The Morgan fingerprint density at radius 1 is 1.32 bits per heavy atom. The summed E-state index contributed by atoms with van der Waals surface area (Å²) >= 11 is 0. The first kappa shape index (κ1) is 17.1. The van der Waals surface area contributed by atoms with Gasteiger partial charge in [0, 0.05) is 11.6 Å². The van der Waals surface area contributed by atoms with E-state index in [-0.39, 0.29) is 0 Å². The van der Waals surface area contributed by atoms with Gasteiger partial charge in [-0.3, -0.25) is 0 Å². The molecule has 25 heavy (non-hydrogen) atoms. The number of benzene rings is 1. The fourth-order valence-electron chi connectivity index (χ4n) is 3.03. The molecule has 1 aliphatic heterocycles. The molecule has 1 fully saturated rings. The second-order valence-electron chi connectivity index (χ2n) is 5.98. The first-order valence-electron chi connectivity index (χ1n) is 8.55. The maximum absolute atomic E-state index is 9.38. The van der Waals surface area contributed by atoms with Crippen molar-refractivity contribution in [2.45, 2.75) is 6.92 Å². The smallest absolute Gasteiger partial charge is 0.235 e. The fourth-order valence-corrected chi connectivity index (χ4v) is 3.03. The van der Waals surface area contributed by atoms with E-state index in [9.17, 15) is 5.26 Å². The van der Waals surface area contributed by atoms with E-state index < -0.39 is 0 Å². The Kier molecular flexibility index (Phi) is 5.36. The van der Waals surface area contributed by atoms with E-state index in [2.05, 4.69) is 22.9 Å². The van der Waals surface area contributed by atoms with Gasteiger partial charge in [-0.1, -0.05) is 18.2 Å². The maximum atomic E-state index is 9.38. The molecule has 130 valence electrons. The second-order valence-corrected chi connectivity index (χ2v) is 5.98. The number of oxazole rings is 1. The number of aromatic nitrogens is 1. The minimum Gasteiger partial charge on any atom is -0.496 e. The summed E-state index contributed by atoms with van der Waals surface area (Å²) in [5, 5.41) is 9.38. The lowest BCUT2D eigenvalue weighted by atomic mass is 10.2. The number of para-hydroxylation sites is 1. The Morgan fingerprint density at radius 2 is 2.08 bits per heavy atom. The van der Waals surface area contributed by atoms with E-state index in [0.717, 1.165) is 44.0 Å². The van der Waals surface area contributed by atoms with Crippen molar-refractivity contribution in [1.82, 2.24) is 4.98 Å². The minimum absolute atomic E-state index is 0.347. The number of methoxy groups -OCH3 is 1. The van der Waals surface area contributed by atoms with Crippen LogP contribution >= 0.6 is 0 Å². The number of rotatable bonds is 5. The summed E-state index contributed by atoms with van der Waals surface area (Å²) in [5.41, 5.74) is 1.28. The number of quaternary nitrogens is 1. The molecule has 0 spiro atoms. The molecule has 1 aliphatic rings. The van der Waals surface area contributed by atoms with Crippen LogP contribution in [0.3, 0.4) is 0 Å². The normalized spacial score (nSPS) is 15.5. The number of nitriles is 1. The molecule has 0 atom stereocenters. The molecule has 6 heteroatoms. The first-order chi connectivity index (χ1) is 12.2. The number of nitrogens with zero attached hydrogens (tertiary/aromatic N) is 3. The summed E-state index contributed by atoms with van der Waals surface area (Å²) in [7, 11) is 1.64. The largest absolute Gasteiger partial charge is 0.496 e. The van der Waals surface area contributed by atoms with Crippen molar-refractivity contribution in [1.29, 1.82) is 5.26 Å². The Bertz CT molecular complexity index is 783. The van der Waals surface area contributed by atoms with Gasteiger partial charge in [-0.2, -0.15) is 10.2 Å². The van der Waals surface area contributed by atoms with Gasteiger partial charge in [0.15, 0.2) is 0 Å². The minimum atomic E-state index is 0.347. The molecule has 0 bridgehead atoms. The second kappa shape index (κ2) is 7.86. The highest BCUT2D eigenvalue weighted by molar-refractivity contribution is 5.70. The van der Waals surface area contributed by atoms with E-state index >= 15 is 0 Å². The third-order valence-electron chi connectivity index (χ3n) is 4.53. The third kappa shape index (κ3) is 3.83. The Labute approximate surface area is 147 Å². The number of hydrogen-bond acceptors (Lipinski definition) is 5. The molecule has 0 aliphatic carbocycles. The molecule has 0 saturated carbocycles. The number of likely N-dealkylation sites (N-methyl/N-ethyl adjacent to an activating group) is 1. The zero-order valence-corrected chi connectivity index (χ0v) is 14.7. The van der Waals surface area contributed by atoms with E-state index in [0.29, 0.717) is 17.5 Å². The van der Waals surface area contributed by atoms with Crippen LogP contribution in [-0.4, -0.2) is 44.8 Å². The maximum Gasteiger partial charge on any atom is 0.235 e. The lowest BCUT2D eigenvalue weighted by molar-refractivity contribution is -0.898. The summed E-state index contributed by atoms with van der Waals surface area (Å²) in [6, 6.07) is 9.87. The molecule has 0 radical (unpaired) electrons. The quantitative estimate of drug-likeness (QED) is 0.893. The molecule has 2 heterocycles. The number of hydrogen-bond donors (Lipinski definition) is 1. The molecule has 1 saturated heterocycles. The molecule has 1 aromatic heterocycles. The van der Waals surface area contributed by atoms with Crippen molar-refractivity contribution in [2.75, 3.05) is 44.7 Å². The van der Waals surface area contributed by atoms with Gasteiger partial charge in [-0.25, -0.2) is 0 Å². The first-order valence-corrected chi connectivity index (χ1v) is 8.55. The summed E-state index contributed by atoms with van der Waals surface area (Å²) in [4.78, 5) is 8.00. The zero-order chi connectivity index (χ0) is 17.6. The highest BCUT2D eigenvalue weighted by Crippen LogP contribution is 2.24. The molecule has 3 rings (SSSR count). The number of ether oxygens (including phenoxy) is 1. The van der Waals surface area contributed by atoms with E-state index in [1.165, 1.54) is 0 Å². The summed E-state index contributed by atoms with van der Waals surface area (Å²) < 4.78 is 11.2. The van der Waals surface area contributed by atoms with Gasteiger partial charge in [0.2, 0.25) is 17.5 Å².